The van der Waals surface area contributed by atoms with Crippen LogP contribution in [0.3, 0.4) is 0 Å². The molecule has 0 aromatic rings. The molecule has 0 aliphatic heterocycles. The van der Waals surface area contributed by atoms with Gasteiger partial charge in [0.1, 0.15) is 0 Å². The van der Waals surface area contributed by atoms with Gasteiger partial charge in [-0.1, -0.05) is 6.08 Å². The van der Waals surface area contributed by atoms with Crippen LogP contribution in [0, 0.1) is 0 Å². The molecule has 0 heterocycles. The number of esters is 1. The highest BCUT2D eigenvalue weighted by atomic mass is 19.4. The van der Waals surface area contributed by atoms with Gasteiger partial charge >= 0.3 is 18.1 Å². The Bertz CT molecular complexity index is 290. The molecule has 0 radical (unpaired) electrons. The highest BCUT2D eigenvalue weighted by molar-refractivity contribution is 5.87. The van der Waals surface area contributed by atoms with Crippen LogP contribution in [0.2, 0.25) is 0 Å². The number of rotatable bonds is 6. The van der Waals surface area contributed by atoms with Crippen LogP contribution in [0.1, 0.15) is 0 Å². The number of methoxy groups -OCH3 is 1. The number of carbonyl (C=O) groups excluding carboxylic acids is 2. The molecule has 8 heteroatoms. The largest absolute Gasteiger partial charge is 0.471 e. The maximum absolute atomic E-state index is 11.9. The third-order valence-electron chi connectivity index (χ3n) is 1.57. The van der Waals surface area contributed by atoms with E-state index in [-0.39, 0.29) is 6.61 Å². The van der Waals surface area contributed by atoms with Crippen molar-refractivity contribution >= 4 is 11.9 Å². The van der Waals surface area contributed by atoms with E-state index >= 15 is 0 Å². The van der Waals surface area contributed by atoms with E-state index in [1.54, 1.807) is 0 Å². The first kappa shape index (κ1) is 15.4. The molecule has 17 heavy (non-hydrogen) atoms. The van der Waals surface area contributed by atoms with Crippen molar-refractivity contribution in [1.29, 1.82) is 0 Å². The summed E-state index contributed by atoms with van der Waals surface area (Å²) in [7, 11) is 0.989. The average Bonchev–Trinajstić information content (AvgIpc) is 2.25. The number of carbonyl (C=O) groups is 2. The van der Waals surface area contributed by atoms with Crippen LogP contribution >= 0.6 is 0 Å². The number of amides is 1. The summed E-state index contributed by atoms with van der Waals surface area (Å²) >= 11 is 0. The molecular weight excluding hydrogens is 243 g/mol. The fraction of sp³-hybridized carbons (Fsp3) is 0.556. The van der Waals surface area contributed by atoms with Crippen LogP contribution in [-0.4, -0.2) is 44.4 Å². The molecule has 0 rings (SSSR count). The van der Waals surface area contributed by atoms with Crippen LogP contribution in [0.4, 0.5) is 13.2 Å². The van der Waals surface area contributed by atoms with Crippen LogP contribution in [-0.2, 0) is 19.1 Å². The molecule has 0 unspecified atom stereocenters. The summed E-state index contributed by atoms with van der Waals surface area (Å²) in [6.07, 6.45) is -3.72. The SMILES string of the molecule is C=CCOC[C@H](NC(=O)C(F)(F)F)C(=O)OC. The minimum atomic E-state index is -5.06. The van der Waals surface area contributed by atoms with Crippen molar-refractivity contribution < 1.29 is 32.2 Å². The predicted octanol–water partition coefficient (Wildman–Crippen LogP) is 0.409. The van der Waals surface area contributed by atoms with E-state index in [1.165, 1.54) is 11.4 Å². The van der Waals surface area contributed by atoms with Gasteiger partial charge in [-0.3, -0.25) is 4.79 Å². The molecule has 0 spiro atoms. The Morgan fingerprint density at radius 3 is 2.47 bits per heavy atom. The van der Waals surface area contributed by atoms with E-state index in [2.05, 4.69) is 11.3 Å². The lowest BCUT2D eigenvalue weighted by molar-refractivity contribution is -0.176. The van der Waals surface area contributed by atoms with Crippen molar-refractivity contribution in [3.63, 3.8) is 0 Å². The van der Waals surface area contributed by atoms with Crippen LogP contribution in [0.5, 0.6) is 0 Å². The summed E-state index contributed by atoms with van der Waals surface area (Å²) in [5.41, 5.74) is 0. The Morgan fingerprint density at radius 1 is 1.47 bits per heavy atom. The van der Waals surface area contributed by atoms with Crippen molar-refractivity contribution in [2.45, 2.75) is 12.2 Å². The van der Waals surface area contributed by atoms with Gasteiger partial charge in [-0.05, 0) is 0 Å². The summed E-state index contributed by atoms with van der Waals surface area (Å²) < 4.78 is 44.8. The molecule has 0 saturated heterocycles. The molecule has 0 aromatic carbocycles. The number of alkyl halides is 3. The molecule has 1 N–H and O–H groups in total. The fourth-order valence-electron chi connectivity index (χ4n) is 0.820. The molecule has 0 fully saturated rings. The smallest absolute Gasteiger partial charge is 0.467 e. The quantitative estimate of drug-likeness (QED) is 0.424. The van der Waals surface area contributed by atoms with Crippen molar-refractivity contribution in [1.82, 2.24) is 5.32 Å². The molecule has 0 saturated carbocycles. The topological polar surface area (TPSA) is 64.6 Å². The molecule has 98 valence electrons. The first-order valence-electron chi connectivity index (χ1n) is 4.47. The zero-order chi connectivity index (χ0) is 13.5. The van der Waals surface area contributed by atoms with Gasteiger partial charge in [-0.25, -0.2) is 4.79 Å². The molecule has 5 nitrogen and oxygen atoms in total. The van der Waals surface area contributed by atoms with E-state index in [0.29, 0.717) is 0 Å². The van der Waals surface area contributed by atoms with Gasteiger partial charge in [0.2, 0.25) is 0 Å². The lowest BCUT2D eigenvalue weighted by Gasteiger charge is -2.17. The second-order valence-electron chi connectivity index (χ2n) is 2.87. The van der Waals surface area contributed by atoms with Crippen molar-refractivity contribution in [2.75, 3.05) is 20.3 Å². The molecular formula is C9H12F3NO4. The zero-order valence-corrected chi connectivity index (χ0v) is 9.04. The second-order valence-corrected chi connectivity index (χ2v) is 2.87. The second kappa shape index (κ2) is 6.89. The number of hydrogen-bond acceptors (Lipinski definition) is 4. The van der Waals surface area contributed by atoms with E-state index in [9.17, 15) is 22.8 Å². The van der Waals surface area contributed by atoms with E-state index in [0.717, 1.165) is 7.11 Å². The molecule has 0 bridgehead atoms. The molecule has 1 amide bonds. The summed E-state index contributed by atoms with van der Waals surface area (Å²) in [6.45, 7) is 2.92. The third-order valence-corrected chi connectivity index (χ3v) is 1.57. The number of hydrogen-bond donors (Lipinski definition) is 1. The van der Waals surface area contributed by atoms with E-state index in [4.69, 9.17) is 4.74 Å². The first-order chi connectivity index (χ1) is 7.82. The Hall–Kier alpha value is -1.57. The summed E-state index contributed by atoms with van der Waals surface area (Å²) in [4.78, 5) is 21.7. The summed E-state index contributed by atoms with van der Waals surface area (Å²) in [5.74, 6) is -3.25. The molecule has 0 aliphatic carbocycles. The highest BCUT2D eigenvalue weighted by Gasteiger charge is 2.41. The standard InChI is InChI=1S/C9H12F3NO4/c1-3-4-17-5-6(7(14)16-2)13-8(15)9(10,11)12/h3,6H,1,4-5H2,2H3,(H,13,15)/t6-/m0/s1. The lowest BCUT2D eigenvalue weighted by atomic mass is 10.3. The van der Waals surface area contributed by atoms with Crippen LogP contribution in [0.15, 0.2) is 12.7 Å². The van der Waals surface area contributed by atoms with Crippen molar-refractivity contribution in [3.05, 3.63) is 12.7 Å². The third kappa shape index (κ3) is 5.91. The van der Waals surface area contributed by atoms with Crippen molar-refractivity contribution in [2.24, 2.45) is 0 Å². The van der Waals surface area contributed by atoms with Gasteiger partial charge in [0.05, 0.1) is 20.3 Å². The van der Waals surface area contributed by atoms with E-state index < -0.39 is 30.7 Å². The number of halogens is 3. The summed E-state index contributed by atoms with van der Waals surface area (Å²) in [6, 6.07) is -1.51. The average molecular weight is 255 g/mol. The lowest BCUT2D eigenvalue weighted by Crippen LogP contribution is -2.49. The van der Waals surface area contributed by atoms with Crippen molar-refractivity contribution in [3.8, 4) is 0 Å². The Balaban J connectivity index is 4.43. The van der Waals surface area contributed by atoms with Crippen LogP contribution < -0.4 is 5.32 Å². The van der Waals surface area contributed by atoms with E-state index in [1.807, 2.05) is 0 Å². The first-order valence-corrected chi connectivity index (χ1v) is 4.47. The fourth-order valence-corrected chi connectivity index (χ4v) is 0.820. The normalized spacial score (nSPS) is 12.7. The van der Waals surface area contributed by atoms with Gasteiger partial charge in [0.15, 0.2) is 6.04 Å². The highest BCUT2D eigenvalue weighted by Crippen LogP contribution is 2.14. The minimum Gasteiger partial charge on any atom is -0.467 e. The molecule has 0 aliphatic rings. The van der Waals surface area contributed by atoms with Gasteiger partial charge in [0.25, 0.3) is 0 Å². The predicted molar refractivity (Wildman–Crippen MR) is 51.0 cm³/mol. The van der Waals surface area contributed by atoms with Gasteiger partial charge < -0.3 is 14.8 Å². The molecule has 1 atom stereocenters. The van der Waals surface area contributed by atoms with Gasteiger partial charge in [-0.2, -0.15) is 13.2 Å². The molecule has 0 aromatic heterocycles. The number of ether oxygens (including phenoxy) is 2. The van der Waals surface area contributed by atoms with Crippen LogP contribution in [0.25, 0.3) is 0 Å². The number of nitrogens with one attached hydrogen (secondary N) is 1. The zero-order valence-electron chi connectivity index (χ0n) is 9.04. The monoisotopic (exact) mass is 255 g/mol. The summed E-state index contributed by atoms with van der Waals surface area (Å²) in [5, 5.41) is 1.47. The minimum absolute atomic E-state index is 0.0371. The maximum atomic E-state index is 11.9. The van der Waals surface area contributed by atoms with Gasteiger partial charge in [-0.15, -0.1) is 6.58 Å². The Labute approximate surface area is 95.6 Å². The maximum Gasteiger partial charge on any atom is 0.471 e. The Morgan fingerprint density at radius 2 is 2.06 bits per heavy atom. The Kier molecular flexibility index (Phi) is 6.26. The van der Waals surface area contributed by atoms with Gasteiger partial charge in [0, 0.05) is 0 Å².